The highest BCUT2D eigenvalue weighted by atomic mass is 35.5. The fourth-order valence-electron chi connectivity index (χ4n) is 2.46. The van der Waals surface area contributed by atoms with Crippen molar-refractivity contribution < 1.29 is 23.2 Å². The molecule has 0 bridgehead atoms. The number of pyridine rings is 1. The molecule has 0 saturated carbocycles. The number of hydrogen-bond acceptors (Lipinski definition) is 6. The van der Waals surface area contributed by atoms with E-state index in [1.165, 1.54) is 24.4 Å². The van der Waals surface area contributed by atoms with Crippen molar-refractivity contribution in [1.82, 2.24) is 20.4 Å². The van der Waals surface area contributed by atoms with Gasteiger partial charge in [-0.3, -0.25) is 9.78 Å². The lowest BCUT2D eigenvalue weighted by atomic mass is 9.99. The minimum atomic E-state index is -3.01. The van der Waals surface area contributed by atoms with Crippen molar-refractivity contribution in [3.05, 3.63) is 64.4 Å². The Balaban J connectivity index is 1.91. The predicted octanol–water partition coefficient (Wildman–Crippen LogP) is 3.32. The molecule has 3 rings (SSSR count). The third kappa shape index (κ3) is 4.68. The van der Waals surface area contributed by atoms with E-state index in [0.29, 0.717) is 22.1 Å². The largest absolute Gasteiger partial charge is 0.382 e. The van der Waals surface area contributed by atoms with Gasteiger partial charge in [0.25, 0.3) is 12.3 Å². The summed E-state index contributed by atoms with van der Waals surface area (Å²) in [4.78, 5) is 20.6. The Kier molecular flexibility index (Phi) is 5.96. The second kappa shape index (κ2) is 8.41. The molecule has 2 N–H and O–H groups in total. The summed E-state index contributed by atoms with van der Waals surface area (Å²) in [5.41, 5.74) is 0.755. The maximum absolute atomic E-state index is 13.0. The molecule has 0 saturated heterocycles. The molecule has 2 aromatic heterocycles. The van der Waals surface area contributed by atoms with Crippen LogP contribution in [-0.4, -0.2) is 32.6 Å². The maximum atomic E-state index is 13.0. The van der Waals surface area contributed by atoms with Crippen LogP contribution in [0.2, 0.25) is 5.02 Å². The molecule has 1 unspecified atom stereocenters. The van der Waals surface area contributed by atoms with Crippen molar-refractivity contribution in [2.24, 2.45) is 0 Å². The van der Waals surface area contributed by atoms with E-state index in [2.05, 4.69) is 20.4 Å². The SMILES string of the molecule is Cc1noc(CNC(=O)c2cc(-c3ccc(Cl)cn3)cc(C(O)C(F)F)c2)n1. The molecule has 0 aliphatic rings. The molecule has 3 aromatic rings. The van der Waals surface area contributed by atoms with Crippen LogP contribution >= 0.6 is 11.6 Å². The van der Waals surface area contributed by atoms with Gasteiger partial charge >= 0.3 is 0 Å². The molecule has 0 fully saturated rings. The first-order valence-electron chi connectivity index (χ1n) is 8.14. The van der Waals surface area contributed by atoms with Gasteiger partial charge in [-0.1, -0.05) is 16.8 Å². The van der Waals surface area contributed by atoms with Crippen molar-refractivity contribution in [1.29, 1.82) is 0 Å². The lowest BCUT2D eigenvalue weighted by molar-refractivity contribution is -0.00579. The molecule has 2 heterocycles. The van der Waals surface area contributed by atoms with Gasteiger partial charge in [0.1, 0.15) is 6.10 Å². The summed E-state index contributed by atoms with van der Waals surface area (Å²) >= 11 is 5.82. The lowest BCUT2D eigenvalue weighted by Gasteiger charge is -2.14. The molecule has 1 atom stereocenters. The van der Waals surface area contributed by atoms with Crippen molar-refractivity contribution >= 4 is 17.5 Å². The molecule has 0 spiro atoms. The second-order valence-corrected chi connectivity index (χ2v) is 6.34. The van der Waals surface area contributed by atoms with Crippen LogP contribution in [-0.2, 0) is 6.54 Å². The van der Waals surface area contributed by atoms with Crippen molar-refractivity contribution in [3.63, 3.8) is 0 Å². The topological polar surface area (TPSA) is 101 Å². The number of rotatable bonds is 6. The van der Waals surface area contributed by atoms with Crippen LogP contribution < -0.4 is 5.32 Å². The van der Waals surface area contributed by atoms with Gasteiger partial charge < -0.3 is 14.9 Å². The molecule has 7 nitrogen and oxygen atoms in total. The van der Waals surface area contributed by atoms with Crippen molar-refractivity contribution in [3.8, 4) is 11.3 Å². The molecule has 1 aromatic carbocycles. The van der Waals surface area contributed by atoms with Gasteiger partial charge in [0.05, 0.1) is 17.3 Å². The number of nitrogens with zero attached hydrogens (tertiary/aromatic N) is 3. The molecule has 1 amide bonds. The first-order valence-corrected chi connectivity index (χ1v) is 8.52. The highest BCUT2D eigenvalue weighted by Crippen LogP contribution is 2.28. The Labute approximate surface area is 163 Å². The van der Waals surface area contributed by atoms with Crippen LogP contribution in [0.3, 0.4) is 0 Å². The third-order valence-electron chi connectivity index (χ3n) is 3.79. The monoisotopic (exact) mass is 408 g/mol. The van der Waals surface area contributed by atoms with Crippen LogP contribution in [0, 0.1) is 6.92 Å². The zero-order chi connectivity index (χ0) is 20.3. The number of aromatic nitrogens is 3. The molecule has 146 valence electrons. The normalized spacial score (nSPS) is 12.2. The van der Waals surface area contributed by atoms with Crippen LogP contribution in [0.4, 0.5) is 8.78 Å². The Morgan fingerprint density at radius 3 is 2.71 bits per heavy atom. The Morgan fingerprint density at radius 2 is 2.11 bits per heavy atom. The Morgan fingerprint density at radius 1 is 1.32 bits per heavy atom. The summed E-state index contributed by atoms with van der Waals surface area (Å²) in [6, 6.07) is 7.19. The highest BCUT2D eigenvalue weighted by molar-refractivity contribution is 6.30. The fraction of sp³-hybridized carbons (Fsp3) is 0.222. The van der Waals surface area contributed by atoms with Crippen molar-refractivity contribution in [2.75, 3.05) is 0 Å². The summed E-state index contributed by atoms with van der Waals surface area (Å²) in [5.74, 6) is 0.0611. The zero-order valence-corrected chi connectivity index (χ0v) is 15.3. The van der Waals surface area contributed by atoms with Gasteiger partial charge in [-0.2, -0.15) is 4.98 Å². The summed E-state index contributed by atoms with van der Waals surface area (Å²) in [6.07, 6.45) is -3.66. The predicted molar refractivity (Wildman–Crippen MR) is 95.9 cm³/mol. The molecule has 10 heteroatoms. The van der Waals surface area contributed by atoms with E-state index in [-0.39, 0.29) is 23.6 Å². The number of nitrogens with one attached hydrogen (secondary N) is 1. The average molecular weight is 409 g/mol. The number of halogens is 3. The van der Waals surface area contributed by atoms with E-state index < -0.39 is 18.4 Å². The molecule has 28 heavy (non-hydrogen) atoms. The molecular weight excluding hydrogens is 394 g/mol. The van der Waals surface area contributed by atoms with Gasteiger partial charge in [0.2, 0.25) is 5.89 Å². The molecular formula is C18H15ClF2N4O3. The number of carbonyl (C=O) groups excluding carboxylic acids is 1. The zero-order valence-electron chi connectivity index (χ0n) is 14.6. The van der Waals surface area contributed by atoms with Gasteiger partial charge in [0, 0.05) is 17.3 Å². The smallest absolute Gasteiger partial charge is 0.268 e. The van der Waals surface area contributed by atoms with Gasteiger partial charge in [-0.05, 0) is 42.8 Å². The summed E-state index contributed by atoms with van der Waals surface area (Å²) in [7, 11) is 0. The standard InChI is InChI=1S/C18H15ClF2N4O3/c1-9-24-15(28-25-9)8-23-18(27)12-5-10(14-3-2-13(19)7-22-14)4-11(6-12)16(26)17(20)21/h2-7,16-17,26H,8H2,1H3,(H,23,27). The number of amides is 1. The van der Waals surface area contributed by atoms with E-state index in [1.54, 1.807) is 19.1 Å². The highest BCUT2D eigenvalue weighted by Gasteiger charge is 2.22. The van der Waals surface area contributed by atoms with E-state index >= 15 is 0 Å². The van der Waals surface area contributed by atoms with Crippen molar-refractivity contribution in [2.45, 2.75) is 26.0 Å². The number of hydrogen-bond donors (Lipinski definition) is 2. The van der Waals surface area contributed by atoms with E-state index in [1.807, 2.05) is 0 Å². The van der Waals surface area contributed by atoms with E-state index in [4.69, 9.17) is 16.1 Å². The van der Waals surface area contributed by atoms with Crippen LogP contribution in [0.1, 0.15) is 33.7 Å². The van der Waals surface area contributed by atoms with Gasteiger partial charge in [-0.15, -0.1) is 0 Å². The number of aryl methyl sites for hydroxylation is 1. The molecule has 0 aliphatic heterocycles. The maximum Gasteiger partial charge on any atom is 0.268 e. The first kappa shape index (κ1) is 19.8. The summed E-state index contributed by atoms with van der Waals surface area (Å²) in [6.45, 7) is 1.60. The quantitative estimate of drug-likeness (QED) is 0.648. The van der Waals surface area contributed by atoms with Gasteiger partial charge in [-0.25, -0.2) is 8.78 Å². The minimum Gasteiger partial charge on any atom is -0.382 e. The molecule has 0 radical (unpaired) electrons. The number of aliphatic hydroxyl groups is 1. The summed E-state index contributed by atoms with van der Waals surface area (Å²) in [5, 5.41) is 16.4. The number of carbonyl (C=O) groups is 1. The number of aliphatic hydroxyl groups excluding tert-OH is 1. The lowest BCUT2D eigenvalue weighted by Crippen LogP contribution is -2.23. The third-order valence-corrected chi connectivity index (χ3v) is 4.01. The second-order valence-electron chi connectivity index (χ2n) is 5.90. The first-order chi connectivity index (χ1) is 13.3. The molecule has 0 aliphatic carbocycles. The Hall–Kier alpha value is -2.91. The fourth-order valence-corrected chi connectivity index (χ4v) is 2.58. The number of alkyl halides is 2. The average Bonchev–Trinajstić information content (AvgIpc) is 3.10. The van der Waals surface area contributed by atoms with Crippen LogP contribution in [0.5, 0.6) is 0 Å². The van der Waals surface area contributed by atoms with E-state index in [0.717, 1.165) is 0 Å². The van der Waals surface area contributed by atoms with Crippen LogP contribution in [0.25, 0.3) is 11.3 Å². The van der Waals surface area contributed by atoms with Gasteiger partial charge in [0.15, 0.2) is 5.82 Å². The number of benzene rings is 1. The Bertz CT molecular complexity index is 979. The van der Waals surface area contributed by atoms with E-state index in [9.17, 15) is 18.7 Å². The minimum absolute atomic E-state index is 0.0319. The van der Waals surface area contributed by atoms with Crippen LogP contribution in [0.15, 0.2) is 41.1 Å². The summed E-state index contributed by atoms with van der Waals surface area (Å²) < 4.78 is 30.9.